The van der Waals surface area contributed by atoms with Gasteiger partial charge in [-0.1, -0.05) is 24.3 Å². The number of carbonyl (C=O) groups excluding carboxylic acids is 1. The van der Waals surface area contributed by atoms with Gasteiger partial charge in [0, 0.05) is 24.5 Å². The Morgan fingerprint density at radius 1 is 1.50 bits per heavy atom. The Morgan fingerprint density at radius 3 is 2.81 bits per heavy atom. The molecule has 0 aliphatic carbocycles. The highest BCUT2D eigenvalue weighted by atomic mass is 16.1. The normalized spacial score (nSPS) is 12.6. The fraction of sp³-hybridized carbons (Fsp3) is 0.154. The summed E-state index contributed by atoms with van der Waals surface area (Å²) in [7, 11) is 0. The van der Waals surface area contributed by atoms with Gasteiger partial charge in [0.2, 0.25) is 5.91 Å². The van der Waals surface area contributed by atoms with Crippen LogP contribution in [0.4, 0.5) is 0 Å². The van der Waals surface area contributed by atoms with Crippen molar-refractivity contribution in [2.75, 3.05) is 0 Å². The monoisotopic (exact) mass is 214 g/mol. The van der Waals surface area contributed by atoms with Gasteiger partial charge in [-0.2, -0.15) is 0 Å². The minimum Gasteiger partial charge on any atom is -0.321 e. The fourth-order valence-electron chi connectivity index (χ4n) is 1.86. The molecule has 0 aliphatic rings. The second kappa shape index (κ2) is 3.94. The Morgan fingerprint density at radius 2 is 2.19 bits per heavy atom. The van der Waals surface area contributed by atoms with Gasteiger partial charge in [0.25, 0.3) is 0 Å². The van der Waals surface area contributed by atoms with Gasteiger partial charge in [-0.25, -0.2) is 0 Å². The summed E-state index contributed by atoms with van der Waals surface area (Å²) in [5.41, 5.74) is 7.75. The summed E-state index contributed by atoms with van der Waals surface area (Å²) in [5, 5.41) is 1.00. The molecule has 1 heterocycles. The Labute approximate surface area is 94.2 Å². The molecule has 2 aromatic rings. The molecule has 0 saturated heterocycles. The summed E-state index contributed by atoms with van der Waals surface area (Å²) in [6.45, 7) is 5.22. The minimum absolute atomic E-state index is 0.0151. The van der Waals surface area contributed by atoms with E-state index in [9.17, 15) is 4.79 Å². The number of aromatic nitrogens is 1. The predicted octanol–water partition coefficient (Wildman–Crippen LogP) is 2.49. The van der Waals surface area contributed by atoms with Gasteiger partial charge in [-0.15, -0.1) is 6.58 Å². The van der Waals surface area contributed by atoms with E-state index in [0.29, 0.717) is 0 Å². The molecule has 0 radical (unpaired) electrons. The van der Waals surface area contributed by atoms with E-state index in [0.717, 1.165) is 16.5 Å². The maximum absolute atomic E-state index is 11.5. The van der Waals surface area contributed by atoms with Gasteiger partial charge in [-0.3, -0.25) is 9.36 Å². The summed E-state index contributed by atoms with van der Waals surface area (Å²) in [6.07, 6.45) is 3.46. The summed E-state index contributed by atoms with van der Waals surface area (Å²) < 4.78 is 1.62. The largest absolute Gasteiger partial charge is 0.321 e. The molecule has 1 atom stereocenters. The number of rotatable bonds is 2. The number of fused-ring (bicyclic) bond motifs is 1. The van der Waals surface area contributed by atoms with Crippen LogP contribution in [0.5, 0.6) is 0 Å². The van der Waals surface area contributed by atoms with Crippen LogP contribution in [0, 0.1) is 0 Å². The first kappa shape index (κ1) is 10.6. The molecule has 1 aromatic carbocycles. The average molecular weight is 214 g/mol. The third-order valence-electron chi connectivity index (χ3n) is 2.70. The summed E-state index contributed by atoms with van der Waals surface area (Å²) in [5.74, 6) is -0.0151. The second-order valence-electron chi connectivity index (χ2n) is 3.75. The van der Waals surface area contributed by atoms with E-state index in [-0.39, 0.29) is 11.9 Å². The van der Waals surface area contributed by atoms with Crippen LogP contribution >= 0.6 is 0 Å². The first-order valence-corrected chi connectivity index (χ1v) is 5.14. The predicted molar refractivity (Wildman–Crippen MR) is 65.4 cm³/mol. The lowest BCUT2D eigenvalue weighted by molar-refractivity contribution is 0.0941. The van der Waals surface area contributed by atoms with Crippen LogP contribution in [0.2, 0.25) is 0 Å². The van der Waals surface area contributed by atoms with Crippen molar-refractivity contribution in [3.05, 3.63) is 48.7 Å². The Kier molecular flexibility index (Phi) is 2.62. The Hall–Kier alpha value is -1.87. The molecule has 3 nitrogen and oxygen atoms in total. The van der Waals surface area contributed by atoms with E-state index in [4.69, 9.17) is 5.73 Å². The van der Waals surface area contributed by atoms with Gasteiger partial charge in [-0.05, 0) is 11.6 Å². The fourth-order valence-corrected chi connectivity index (χ4v) is 1.86. The quantitative estimate of drug-likeness (QED) is 0.781. The van der Waals surface area contributed by atoms with Crippen LogP contribution in [0.3, 0.4) is 0 Å². The molecule has 0 saturated carbocycles. The molecular weight excluding hydrogens is 200 g/mol. The van der Waals surface area contributed by atoms with Crippen LogP contribution in [-0.4, -0.2) is 10.5 Å². The van der Waals surface area contributed by atoms with E-state index in [1.165, 1.54) is 6.92 Å². The molecule has 16 heavy (non-hydrogen) atoms. The van der Waals surface area contributed by atoms with E-state index in [2.05, 4.69) is 6.58 Å². The van der Waals surface area contributed by atoms with Crippen molar-refractivity contribution in [3.63, 3.8) is 0 Å². The number of hydrogen-bond acceptors (Lipinski definition) is 2. The van der Waals surface area contributed by atoms with Crippen LogP contribution in [0.25, 0.3) is 10.9 Å². The lowest BCUT2D eigenvalue weighted by Gasteiger charge is -2.02. The molecule has 2 N–H and O–H groups in total. The first-order chi connectivity index (χ1) is 7.65. The number of nitrogens with two attached hydrogens (primary N) is 1. The highest BCUT2D eigenvalue weighted by Gasteiger charge is 2.13. The SMILES string of the molecule is C=C[C@@H](N)c1cn(C(C)=O)c2ccccc12. The van der Waals surface area contributed by atoms with Gasteiger partial charge in [0.05, 0.1) is 5.52 Å². The standard InChI is InChI=1S/C13H14N2O/c1-3-12(14)11-8-15(9(2)16)13-7-5-4-6-10(11)13/h3-8,12H,1,14H2,2H3/t12-/m1/s1. The third kappa shape index (κ3) is 1.55. The molecular formula is C13H14N2O. The van der Waals surface area contributed by atoms with Gasteiger partial charge >= 0.3 is 0 Å². The number of nitrogens with zero attached hydrogens (tertiary/aromatic N) is 1. The topological polar surface area (TPSA) is 48.0 Å². The van der Waals surface area contributed by atoms with E-state index >= 15 is 0 Å². The van der Waals surface area contributed by atoms with E-state index in [1.807, 2.05) is 24.3 Å². The van der Waals surface area contributed by atoms with Gasteiger partial charge in [0.1, 0.15) is 0 Å². The lowest BCUT2D eigenvalue weighted by atomic mass is 10.1. The van der Waals surface area contributed by atoms with Crippen LogP contribution < -0.4 is 5.73 Å². The van der Waals surface area contributed by atoms with Crippen molar-refractivity contribution >= 4 is 16.8 Å². The van der Waals surface area contributed by atoms with Gasteiger partial charge in [0.15, 0.2) is 0 Å². The second-order valence-corrected chi connectivity index (χ2v) is 3.75. The smallest absolute Gasteiger partial charge is 0.227 e. The Balaban J connectivity index is 2.76. The molecule has 0 spiro atoms. The number of benzene rings is 1. The van der Waals surface area contributed by atoms with Crippen LogP contribution in [-0.2, 0) is 0 Å². The molecule has 0 fully saturated rings. The zero-order chi connectivity index (χ0) is 11.7. The highest BCUT2D eigenvalue weighted by molar-refractivity contribution is 5.94. The van der Waals surface area contributed by atoms with Crippen LogP contribution in [0.15, 0.2) is 43.1 Å². The molecule has 82 valence electrons. The Bertz CT molecular complexity index is 554. The molecule has 2 rings (SSSR count). The molecule has 0 aliphatic heterocycles. The van der Waals surface area contributed by atoms with Crippen molar-refractivity contribution in [3.8, 4) is 0 Å². The number of para-hydroxylation sites is 1. The average Bonchev–Trinajstić information content (AvgIpc) is 2.67. The minimum atomic E-state index is -0.245. The highest BCUT2D eigenvalue weighted by Crippen LogP contribution is 2.25. The zero-order valence-electron chi connectivity index (χ0n) is 9.18. The maximum Gasteiger partial charge on any atom is 0.227 e. The first-order valence-electron chi connectivity index (χ1n) is 5.14. The number of hydrogen-bond donors (Lipinski definition) is 1. The van der Waals surface area contributed by atoms with Crippen molar-refractivity contribution in [1.82, 2.24) is 4.57 Å². The van der Waals surface area contributed by atoms with Crippen molar-refractivity contribution in [1.29, 1.82) is 0 Å². The van der Waals surface area contributed by atoms with E-state index in [1.54, 1.807) is 16.8 Å². The molecule has 3 heteroatoms. The third-order valence-corrected chi connectivity index (χ3v) is 2.70. The zero-order valence-corrected chi connectivity index (χ0v) is 9.18. The van der Waals surface area contributed by atoms with E-state index < -0.39 is 0 Å². The molecule has 0 amide bonds. The summed E-state index contributed by atoms with van der Waals surface area (Å²) in [4.78, 5) is 11.5. The van der Waals surface area contributed by atoms with Crippen molar-refractivity contribution < 1.29 is 4.79 Å². The van der Waals surface area contributed by atoms with Gasteiger partial charge < -0.3 is 5.73 Å². The molecule has 0 bridgehead atoms. The van der Waals surface area contributed by atoms with Crippen LogP contribution in [0.1, 0.15) is 23.3 Å². The molecule has 1 aromatic heterocycles. The number of carbonyl (C=O) groups is 1. The summed E-state index contributed by atoms with van der Waals surface area (Å²) in [6, 6.07) is 7.48. The van der Waals surface area contributed by atoms with Crippen molar-refractivity contribution in [2.45, 2.75) is 13.0 Å². The van der Waals surface area contributed by atoms with Crippen molar-refractivity contribution in [2.24, 2.45) is 5.73 Å². The maximum atomic E-state index is 11.5. The lowest BCUT2D eigenvalue weighted by Crippen LogP contribution is -2.06. The summed E-state index contributed by atoms with van der Waals surface area (Å²) >= 11 is 0. The molecule has 0 unspecified atom stereocenters.